The first-order valence-corrected chi connectivity index (χ1v) is 8.59. The van der Waals surface area contributed by atoms with Gasteiger partial charge in [0.1, 0.15) is 18.2 Å². The molecule has 1 heterocycles. The molecule has 4 nitrogen and oxygen atoms in total. The van der Waals surface area contributed by atoms with Gasteiger partial charge < -0.3 is 14.8 Å². The fraction of sp³-hybridized carbons (Fsp3) is 0.350. The Morgan fingerprint density at radius 1 is 1.20 bits per heavy atom. The first kappa shape index (κ1) is 16.1. The molecule has 1 N–H and O–H groups in total. The molecular formula is C20H20FNO3. The van der Waals surface area contributed by atoms with Crippen LogP contribution in [0.4, 0.5) is 4.39 Å². The molecule has 2 aliphatic rings. The zero-order valence-corrected chi connectivity index (χ0v) is 13.8. The first-order valence-electron chi connectivity index (χ1n) is 8.59. The van der Waals surface area contributed by atoms with Gasteiger partial charge in [-0.2, -0.15) is 0 Å². The van der Waals surface area contributed by atoms with Crippen LogP contribution < -0.4 is 10.1 Å². The lowest BCUT2D eigenvalue weighted by atomic mass is 9.76. The highest BCUT2D eigenvalue weighted by molar-refractivity contribution is 5.94. The number of benzene rings is 2. The Bertz CT molecular complexity index is 762. The van der Waals surface area contributed by atoms with Crippen LogP contribution >= 0.6 is 0 Å². The van der Waals surface area contributed by atoms with Gasteiger partial charge in [-0.3, -0.25) is 4.79 Å². The monoisotopic (exact) mass is 341 g/mol. The van der Waals surface area contributed by atoms with E-state index >= 15 is 0 Å². The molecule has 0 unspecified atom stereocenters. The number of nitrogens with one attached hydrogen (secondary N) is 1. The van der Waals surface area contributed by atoms with Gasteiger partial charge in [-0.1, -0.05) is 18.2 Å². The van der Waals surface area contributed by atoms with E-state index in [1.165, 1.54) is 6.07 Å². The Kier molecular flexibility index (Phi) is 4.40. The van der Waals surface area contributed by atoms with Crippen LogP contribution in [0.3, 0.4) is 0 Å². The maximum absolute atomic E-state index is 13.6. The molecular weight excluding hydrogens is 321 g/mol. The van der Waals surface area contributed by atoms with Crippen molar-refractivity contribution in [3.8, 4) is 5.75 Å². The molecule has 1 saturated heterocycles. The zero-order valence-electron chi connectivity index (χ0n) is 13.8. The second kappa shape index (κ2) is 6.84. The summed E-state index contributed by atoms with van der Waals surface area (Å²) in [5, 5.41) is 3.08. The lowest BCUT2D eigenvalue weighted by Gasteiger charge is -2.39. The number of ether oxygens (including phenoxy) is 2. The number of hydrogen-bond donors (Lipinski definition) is 1. The molecule has 2 aromatic carbocycles. The molecule has 3 atom stereocenters. The molecule has 25 heavy (non-hydrogen) atoms. The van der Waals surface area contributed by atoms with E-state index in [-0.39, 0.29) is 24.4 Å². The van der Waals surface area contributed by atoms with Crippen molar-refractivity contribution in [3.05, 3.63) is 65.5 Å². The summed E-state index contributed by atoms with van der Waals surface area (Å²) < 4.78 is 24.7. The number of carbonyl (C=O) groups excluding carboxylic acids is 1. The van der Waals surface area contributed by atoms with Crippen molar-refractivity contribution in [1.29, 1.82) is 0 Å². The van der Waals surface area contributed by atoms with E-state index in [4.69, 9.17) is 9.47 Å². The van der Waals surface area contributed by atoms with Gasteiger partial charge in [0.25, 0.3) is 5.91 Å². The average molecular weight is 341 g/mol. The Hall–Kier alpha value is -2.40. The largest absolute Gasteiger partial charge is 0.489 e. The van der Waals surface area contributed by atoms with Crippen molar-refractivity contribution in [2.45, 2.75) is 31.6 Å². The molecule has 0 spiro atoms. The van der Waals surface area contributed by atoms with Gasteiger partial charge in [0.15, 0.2) is 0 Å². The van der Waals surface area contributed by atoms with Crippen LogP contribution in [0.2, 0.25) is 0 Å². The SMILES string of the molecule is O=C(N[C@H]1C[C@@H]2OCC[C@H]12)c1ccc(OCc2ccccc2F)cc1. The molecule has 1 aliphatic carbocycles. The minimum absolute atomic E-state index is 0.0731. The number of amides is 1. The van der Waals surface area contributed by atoms with Gasteiger partial charge in [0.2, 0.25) is 0 Å². The maximum atomic E-state index is 13.6. The zero-order chi connectivity index (χ0) is 17.2. The highest BCUT2D eigenvalue weighted by Gasteiger charge is 2.45. The highest BCUT2D eigenvalue weighted by atomic mass is 19.1. The predicted molar refractivity (Wildman–Crippen MR) is 90.9 cm³/mol. The van der Waals surface area contributed by atoms with Crippen LogP contribution in [-0.2, 0) is 11.3 Å². The minimum Gasteiger partial charge on any atom is -0.489 e. The molecule has 130 valence electrons. The van der Waals surface area contributed by atoms with Gasteiger partial charge >= 0.3 is 0 Å². The smallest absolute Gasteiger partial charge is 0.251 e. The van der Waals surface area contributed by atoms with Crippen LogP contribution in [-0.4, -0.2) is 24.7 Å². The second-order valence-corrected chi connectivity index (χ2v) is 6.58. The van der Waals surface area contributed by atoms with Crippen LogP contribution in [0, 0.1) is 11.7 Å². The molecule has 1 amide bonds. The molecule has 5 heteroatoms. The van der Waals surface area contributed by atoms with Gasteiger partial charge in [0.05, 0.1) is 6.10 Å². The van der Waals surface area contributed by atoms with Gasteiger partial charge in [-0.15, -0.1) is 0 Å². The van der Waals surface area contributed by atoms with E-state index in [1.54, 1.807) is 42.5 Å². The summed E-state index contributed by atoms with van der Waals surface area (Å²) >= 11 is 0. The Morgan fingerprint density at radius 2 is 2.00 bits per heavy atom. The van der Waals surface area contributed by atoms with Gasteiger partial charge in [-0.05, 0) is 43.2 Å². The summed E-state index contributed by atoms with van der Waals surface area (Å²) in [5.74, 6) is 0.712. The van der Waals surface area contributed by atoms with Crippen molar-refractivity contribution >= 4 is 5.91 Å². The van der Waals surface area contributed by atoms with E-state index in [1.807, 2.05) is 0 Å². The maximum Gasteiger partial charge on any atom is 0.251 e. The summed E-state index contributed by atoms with van der Waals surface area (Å²) in [7, 11) is 0. The molecule has 2 fully saturated rings. The normalized spacial score (nSPS) is 24.3. The van der Waals surface area contributed by atoms with E-state index in [2.05, 4.69) is 5.32 Å². The quantitative estimate of drug-likeness (QED) is 0.908. The molecule has 4 rings (SSSR count). The second-order valence-electron chi connectivity index (χ2n) is 6.58. The lowest BCUT2D eigenvalue weighted by Crippen LogP contribution is -2.53. The highest BCUT2D eigenvalue weighted by Crippen LogP contribution is 2.38. The van der Waals surface area contributed by atoms with Crippen LogP contribution in [0.5, 0.6) is 5.75 Å². The first-order chi connectivity index (χ1) is 12.2. The third kappa shape index (κ3) is 3.37. The van der Waals surface area contributed by atoms with Crippen molar-refractivity contribution in [1.82, 2.24) is 5.32 Å². The average Bonchev–Trinajstić information content (AvgIpc) is 3.00. The number of carbonyl (C=O) groups is 1. The van der Waals surface area contributed by atoms with E-state index in [9.17, 15) is 9.18 Å². The Morgan fingerprint density at radius 3 is 2.76 bits per heavy atom. The fourth-order valence-corrected chi connectivity index (χ4v) is 3.49. The molecule has 0 aromatic heterocycles. The van der Waals surface area contributed by atoms with Crippen molar-refractivity contribution in [2.24, 2.45) is 5.92 Å². The van der Waals surface area contributed by atoms with Gasteiger partial charge in [-0.25, -0.2) is 4.39 Å². The van der Waals surface area contributed by atoms with Gasteiger partial charge in [0, 0.05) is 29.7 Å². The van der Waals surface area contributed by atoms with Crippen LogP contribution in [0.1, 0.15) is 28.8 Å². The van der Waals surface area contributed by atoms with Crippen molar-refractivity contribution in [3.63, 3.8) is 0 Å². The third-order valence-corrected chi connectivity index (χ3v) is 5.05. The molecule has 1 saturated carbocycles. The topological polar surface area (TPSA) is 47.6 Å². The molecule has 0 radical (unpaired) electrons. The summed E-state index contributed by atoms with van der Waals surface area (Å²) in [4.78, 5) is 12.3. The lowest BCUT2D eigenvalue weighted by molar-refractivity contribution is 0.00810. The molecule has 1 aliphatic heterocycles. The number of fused-ring (bicyclic) bond motifs is 1. The molecule has 2 aromatic rings. The number of halogens is 1. The molecule has 0 bridgehead atoms. The summed E-state index contributed by atoms with van der Waals surface area (Å²) in [6.07, 6.45) is 2.26. The van der Waals surface area contributed by atoms with Crippen LogP contribution in [0.25, 0.3) is 0 Å². The Balaban J connectivity index is 1.32. The number of rotatable bonds is 5. The van der Waals surface area contributed by atoms with Crippen molar-refractivity contribution < 1.29 is 18.7 Å². The van der Waals surface area contributed by atoms with Crippen LogP contribution in [0.15, 0.2) is 48.5 Å². The summed E-state index contributed by atoms with van der Waals surface area (Å²) in [6, 6.07) is 13.7. The standard InChI is InChI=1S/C20H20FNO3/c21-17-4-2-1-3-14(17)12-25-15-7-5-13(6-8-15)20(23)22-18-11-19-16(18)9-10-24-19/h1-8,16,18-19H,9-12H2,(H,22,23)/t16-,18+,19+/m1/s1. The van der Waals surface area contributed by atoms with E-state index in [0.29, 0.717) is 28.9 Å². The fourth-order valence-electron chi connectivity index (χ4n) is 3.49. The third-order valence-electron chi connectivity index (χ3n) is 5.05. The Labute approximate surface area is 146 Å². The van der Waals surface area contributed by atoms with Crippen molar-refractivity contribution in [2.75, 3.05) is 6.61 Å². The summed E-state index contributed by atoms with van der Waals surface area (Å²) in [5.41, 5.74) is 1.10. The number of hydrogen-bond acceptors (Lipinski definition) is 3. The van der Waals surface area contributed by atoms with E-state index < -0.39 is 0 Å². The van der Waals surface area contributed by atoms with E-state index in [0.717, 1.165) is 19.4 Å². The predicted octanol–water partition coefficient (Wildman–Crippen LogP) is 3.31. The minimum atomic E-state index is -0.284. The summed E-state index contributed by atoms with van der Waals surface area (Å²) in [6.45, 7) is 0.957.